The standard InChI is InChI=1S/C20H26O6/c1-11-5-6-15(22)13(3)10-17-18(14(4)20(24)26-17)16(9-11)25-19(23)12(2)7-8-21/h5,7,10,15-18,21-22H,4,6,8-9H2,1-3H3/t15-,16+,17+,18+/m0/s1. The molecule has 0 aromatic carbocycles. The summed E-state index contributed by atoms with van der Waals surface area (Å²) in [5.74, 6) is -1.61. The number of aliphatic hydroxyl groups excluding tert-OH is 2. The SMILES string of the molecule is C=C1C(=O)O[C@@H]2C=C(C)[C@@H](O)CC=C(C)C[C@@H](OC(=O)C(C)=CCO)[C@@H]12. The summed E-state index contributed by atoms with van der Waals surface area (Å²) in [7, 11) is 0. The molecule has 0 aromatic heterocycles. The van der Waals surface area contributed by atoms with Crippen LogP contribution in [0.3, 0.4) is 0 Å². The van der Waals surface area contributed by atoms with Gasteiger partial charge in [-0.3, -0.25) is 0 Å². The van der Waals surface area contributed by atoms with Crippen LogP contribution in [0.5, 0.6) is 0 Å². The van der Waals surface area contributed by atoms with Gasteiger partial charge in [-0.25, -0.2) is 9.59 Å². The molecular formula is C20H26O6. The van der Waals surface area contributed by atoms with Gasteiger partial charge in [-0.15, -0.1) is 0 Å². The van der Waals surface area contributed by atoms with Gasteiger partial charge in [0.15, 0.2) is 0 Å². The lowest BCUT2D eigenvalue weighted by Crippen LogP contribution is -2.34. The van der Waals surface area contributed by atoms with Gasteiger partial charge >= 0.3 is 11.9 Å². The highest BCUT2D eigenvalue weighted by Crippen LogP contribution is 2.36. The third kappa shape index (κ3) is 4.51. The largest absolute Gasteiger partial charge is 0.458 e. The molecule has 0 radical (unpaired) electrons. The van der Waals surface area contributed by atoms with E-state index < -0.39 is 36.2 Å². The maximum atomic E-state index is 12.3. The average Bonchev–Trinajstić information content (AvgIpc) is 2.85. The molecule has 0 bridgehead atoms. The van der Waals surface area contributed by atoms with Crippen molar-refractivity contribution in [3.63, 3.8) is 0 Å². The lowest BCUT2D eigenvalue weighted by atomic mass is 9.85. The summed E-state index contributed by atoms with van der Waals surface area (Å²) >= 11 is 0. The molecule has 0 aromatic rings. The van der Waals surface area contributed by atoms with Crippen molar-refractivity contribution in [2.24, 2.45) is 5.92 Å². The summed E-state index contributed by atoms with van der Waals surface area (Å²) in [6, 6.07) is 0. The monoisotopic (exact) mass is 362 g/mol. The minimum absolute atomic E-state index is 0.253. The molecule has 0 saturated carbocycles. The van der Waals surface area contributed by atoms with Crippen LogP contribution < -0.4 is 0 Å². The molecule has 2 N–H and O–H groups in total. The van der Waals surface area contributed by atoms with Crippen molar-refractivity contribution in [1.82, 2.24) is 0 Å². The summed E-state index contributed by atoms with van der Waals surface area (Å²) in [5, 5.41) is 19.2. The molecule has 0 unspecified atom stereocenters. The van der Waals surface area contributed by atoms with Gasteiger partial charge in [0.1, 0.15) is 12.2 Å². The highest BCUT2D eigenvalue weighted by molar-refractivity contribution is 5.92. The second-order valence-electron chi connectivity index (χ2n) is 6.85. The van der Waals surface area contributed by atoms with Crippen LogP contribution in [-0.2, 0) is 19.1 Å². The van der Waals surface area contributed by atoms with Crippen molar-refractivity contribution in [3.05, 3.63) is 47.1 Å². The van der Waals surface area contributed by atoms with Crippen molar-refractivity contribution < 1.29 is 29.3 Å². The third-order valence-corrected chi connectivity index (χ3v) is 4.81. The Hall–Kier alpha value is -2.18. The second-order valence-corrected chi connectivity index (χ2v) is 6.85. The fourth-order valence-electron chi connectivity index (χ4n) is 3.14. The first-order chi connectivity index (χ1) is 12.2. The Kier molecular flexibility index (Phi) is 6.56. The van der Waals surface area contributed by atoms with E-state index in [1.54, 1.807) is 19.9 Å². The van der Waals surface area contributed by atoms with E-state index in [0.717, 1.165) is 5.57 Å². The predicted molar refractivity (Wildman–Crippen MR) is 96.0 cm³/mol. The third-order valence-electron chi connectivity index (χ3n) is 4.81. The number of carbonyl (C=O) groups excluding carboxylic acids is 2. The van der Waals surface area contributed by atoms with Gasteiger partial charge in [-0.05, 0) is 44.9 Å². The zero-order valence-electron chi connectivity index (χ0n) is 15.4. The van der Waals surface area contributed by atoms with Crippen LogP contribution in [0.2, 0.25) is 0 Å². The molecule has 1 saturated heterocycles. The Labute approximate surface area is 153 Å². The Bertz CT molecular complexity index is 684. The van der Waals surface area contributed by atoms with Crippen molar-refractivity contribution >= 4 is 11.9 Å². The van der Waals surface area contributed by atoms with Crippen LogP contribution in [0, 0.1) is 5.92 Å². The number of rotatable bonds is 3. The highest BCUT2D eigenvalue weighted by atomic mass is 16.6. The number of ether oxygens (including phenoxy) is 2. The molecule has 0 amide bonds. The zero-order valence-corrected chi connectivity index (χ0v) is 15.4. The van der Waals surface area contributed by atoms with Crippen LogP contribution in [0.25, 0.3) is 0 Å². The van der Waals surface area contributed by atoms with Gasteiger partial charge in [0.2, 0.25) is 0 Å². The van der Waals surface area contributed by atoms with Gasteiger partial charge in [-0.1, -0.05) is 18.2 Å². The van der Waals surface area contributed by atoms with Gasteiger partial charge in [0.25, 0.3) is 0 Å². The number of fused-ring (bicyclic) bond motifs is 1. The molecule has 1 heterocycles. The maximum absolute atomic E-state index is 12.3. The lowest BCUT2D eigenvalue weighted by molar-refractivity contribution is -0.147. The fraction of sp³-hybridized carbons (Fsp3) is 0.500. The van der Waals surface area contributed by atoms with E-state index >= 15 is 0 Å². The van der Waals surface area contributed by atoms with E-state index in [0.29, 0.717) is 24.0 Å². The molecule has 0 spiro atoms. The maximum Gasteiger partial charge on any atom is 0.334 e. The van der Waals surface area contributed by atoms with Gasteiger partial charge in [0.05, 0.1) is 18.6 Å². The molecule has 26 heavy (non-hydrogen) atoms. The van der Waals surface area contributed by atoms with Crippen molar-refractivity contribution in [2.75, 3.05) is 6.61 Å². The first kappa shape index (κ1) is 20.1. The molecule has 4 atom stereocenters. The van der Waals surface area contributed by atoms with E-state index in [9.17, 15) is 14.7 Å². The lowest BCUT2D eigenvalue weighted by Gasteiger charge is -2.28. The summed E-state index contributed by atoms with van der Waals surface area (Å²) < 4.78 is 11.1. The Morgan fingerprint density at radius 3 is 2.81 bits per heavy atom. The number of hydrogen-bond donors (Lipinski definition) is 2. The van der Waals surface area contributed by atoms with Crippen LogP contribution in [0.1, 0.15) is 33.6 Å². The van der Waals surface area contributed by atoms with Gasteiger partial charge in [0, 0.05) is 17.6 Å². The molecule has 2 rings (SSSR count). The summed E-state index contributed by atoms with van der Waals surface area (Å²) in [4.78, 5) is 24.4. The Balaban J connectivity index is 2.39. The van der Waals surface area contributed by atoms with Crippen LogP contribution in [0.4, 0.5) is 0 Å². The van der Waals surface area contributed by atoms with Gasteiger partial charge < -0.3 is 19.7 Å². The van der Waals surface area contributed by atoms with Crippen molar-refractivity contribution in [1.29, 1.82) is 0 Å². The highest BCUT2D eigenvalue weighted by Gasteiger charge is 2.44. The quantitative estimate of drug-likeness (QED) is 0.453. The average molecular weight is 362 g/mol. The molecular weight excluding hydrogens is 336 g/mol. The molecule has 1 aliphatic carbocycles. The minimum atomic E-state index is -0.660. The zero-order chi connectivity index (χ0) is 19.4. The minimum Gasteiger partial charge on any atom is -0.458 e. The number of carbonyl (C=O) groups is 2. The van der Waals surface area contributed by atoms with Crippen molar-refractivity contribution in [2.45, 2.75) is 51.9 Å². The van der Waals surface area contributed by atoms with Crippen LogP contribution >= 0.6 is 0 Å². The summed E-state index contributed by atoms with van der Waals surface area (Å²) in [5.41, 5.74) is 2.17. The van der Waals surface area contributed by atoms with E-state index in [1.165, 1.54) is 6.08 Å². The van der Waals surface area contributed by atoms with Crippen LogP contribution in [0.15, 0.2) is 47.1 Å². The number of esters is 2. The van der Waals surface area contributed by atoms with E-state index in [2.05, 4.69) is 6.58 Å². The summed E-state index contributed by atoms with van der Waals surface area (Å²) in [6.45, 7) is 8.79. The molecule has 1 fully saturated rings. The van der Waals surface area contributed by atoms with E-state index in [-0.39, 0.29) is 12.2 Å². The predicted octanol–water partition coefficient (Wildman–Crippen LogP) is 1.98. The number of hydrogen-bond acceptors (Lipinski definition) is 6. The Morgan fingerprint density at radius 1 is 1.46 bits per heavy atom. The van der Waals surface area contributed by atoms with E-state index in [4.69, 9.17) is 14.6 Å². The first-order valence-electron chi connectivity index (χ1n) is 8.65. The second kappa shape index (κ2) is 8.47. The fourth-order valence-corrected chi connectivity index (χ4v) is 3.14. The van der Waals surface area contributed by atoms with E-state index in [1.807, 2.05) is 13.0 Å². The molecule has 142 valence electrons. The molecule has 2 aliphatic rings. The molecule has 6 heteroatoms. The molecule has 1 aliphatic heterocycles. The first-order valence-corrected chi connectivity index (χ1v) is 8.65. The van der Waals surface area contributed by atoms with Gasteiger partial charge in [-0.2, -0.15) is 0 Å². The van der Waals surface area contributed by atoms with Crippen molar-refractivity contribution in [3.8, 4) is 0 Å². The number of aliphatic hydroxyl groups is 2. The Morgan fingerprint density at radius 2 is 2.15 bits per heavy atom. The topological polar surface area (TPSA) is 93.1 Å². The summed E-state index contributed by atoms with van der Waals surface area (Å²) in [6.07, 6.45) is 3.87. The smallest absolute Gasteiger partial charge is 0.334 e. The molecule has 6 nitrogen and oxygen atoms in total. The normalized spacial score (nSPS) is 30.1. The van der Waals surface area contributed by atoms with Crippen LogP contribution in [-0.4, -0.2) is 47.1 Å².